The molecule has 1 aromatic rings. The summed E-state index contributed by atoms with van der Waals surface area (Å²) >= 11 is 0. The Labute approximate surface area is 116 Å². The van der Waals surface area contributed by atoms with Crippen LogP contribution < -0.4 is 16.6 Å². The number of methoxy groups -OCH3 is 1. The van der Waals surface area contributed by atoms with Crippen LogP contribution in [0.25, 0.3) is 0 Å². The van der Waals surface area contributed by atoms with E-state index in [4.69, 9.17) is 15.2 Å². The van der Waals surface area contributed by atoms with E-state index in [-0.39, 0.29) is 18.1 Å². The van der Waals surface area contributed by atoms with Crippen LogP contribution in [0, 0.1) is 0 Å². The Hall–Kier alpha value is -1.70. The molecule has 2 rings (SSSR count). The molecule has 1 aliphatic heterocycles. The number of rotatable bonds is 5. The largest absolute Gasteiger partial charge is 0.383 e. The van der Waals surface area contributed by atoms with E-state index in [9.17, 15) is 9.59 Å². The van der Waals surface area contributed by atoms with Gasteiger partial charge in [0, 0.05) is 32.5 Å². The SMILES string of the molecule is COCCn1cc(NC(=O)C2(N)CCOC2)ccc1=O. The normalized spacial score (nSPS) is 21.9. The maximum absolute atomic E-state index is 12.1. The summed E-state index contributed by atoms with van der Waals surface area (Å²) in [7, 11) is 1.56. The highest BCUT2D eigenvalue weighted by Gasteiger charge is 2.38. The summed E-state index contributed by atoms with van der Waals surface area (Å²) in [4.78, 5) is 23.8. The second-order valence-corrected chi connectivity index (χ2v) is 4.86. The number of ether oxygens (including phenoxy) is 2. The van der Waals surface area contributed by atoms with E-state index in [0.29, 0.717) is 31.9 Å². The van der Waals surface area contributed by atoms with Crippen molar-refractivity contribution in [1.82, 2.24) is 4.57 Å². The zero-order chi connectivity index (χ0) is 14.6. The lowest BCUT2D eigenvalue weighted by Crippen LogP contribution is -2.51. The summed E-state index contributed by atoms with van der Waals surface area (Å²) in [6.45, 7) is 1.54. The van der Waals surface area contributed by atoms with Gasteiger partial charge in [-0.3, -0.25) is 9.59 Å². The van der Waals surface area contributed by atoms with Crippen LogP contribution in [0.4, 0.5) is 5.69 Å². The quantitative estimate of drug-likeness (QED) is 0.762. The Morgan fingerprint density at radius 3 is 3.05 bits per heavy atom. The van der Waals surface area contributed by atoms with E-state index in [1.165, 1.54) is 10.6 Å². The van der Waals surface area contributed by atoms with Crippen molar-refractivity contribution < 1.29 is 14.3 Å². The lowest BCUT2D eigenvalue weighted by Gasteiger charge is -2.20. The third-order valence-electron chi connectivity index (χ3n) is 3.28. The van der Waals surface area contributed by atoms with Crippen molar-refractivity contribution in [3.05, 3.63) is 28.7 Å². The monoisotopic (exact) mass is 281 g/mol. The van der Waals surface area contributed by atoms with Gasteiger partial charge >= 0.3 is 0 Å². The van der Waals surface area contributed by atoms with E-state index in [1.54, 1.807) is 19.4 Å². The summed E-state index contributed by atoms with van der Waals surface area (Å²) in [5, 5.41) is 2.72. The van der Waals surface area contributed by atoms with Crippen molar-refractivity contribution in [2.24, 2.45) is 5.73 Å². The second kappa shape index (κ2) is 6.17. The molecule has 20 heavy (non-hydrogen) atoms. The van der Waals surface area contributed by atoms with Crippen molar-refractivity contribution >= 4 is 11.6 Å². The highest BCUT2D eigenvalue weighted by molar-refractivity contribution is 5.98. The molecule has 0 radical (unpaired) electrons. The molecule has 1 unspecified atom stereocenters. The Morgan fingerprint density at radius 2 is 2.40 bits per heavy atom. The molecular formula is C13H19N3O4. The van der Waals surface area contributed by atoms with Crippen molar-refractivity contribution in [3.63, 3.8) is 0 Å². The number of carbonyl (C=O) groups is 1. The van der Waals surface area contributed by atoms with Crippen LogP contribution in [0.15, 0.2) is 23.1 Å². The first-order valence-electron chi connectivity index (χ1n) is 6.43. The zero-order valence-corrected chi connectivity index (χ0v) is 11.4. The molecule has 1 amide bonds. The van der Waals surface area contributed by atoms with Gasteiger partial charge in [-0.25, -0.2) is 0 Å². The van der Waals surface area contributed by atoms with Crippen LogP contribution in [0.3, 0.4) is 0 Å². The van der Waals surface area contributed by atoms with Gasteiger partial charge in [0.1, 0.15) is 5.54 Å². The predicted octanol–water partition coefficient (Wildman–Crippen LogP) is -0.449. The fourth-order valence-corrected chi connectivity index (χ4v) is 1.99. The number of hydrogen-bond donors (Lipinski definition) is 2. The lowest BCUT2D eigenvalue weighted by atomic mass is 9.99. The van der Waals surface area contributed by atoms with Crippen molar-refractivity contribution in [2.45, 2.75) is 18.5 Å². The first-order chi connectivity index (χ1) is 9.55. The van der Waals surface area contributed by atoms with Crippen molar-refractivity contribution in [3.8, 4) is 0 Å². The fraction of sp³-hybridized carbons (Fsp3) is 0.538. The Balaban J connectivity index is 2.09. The highest BCUT2D eigenvalue weighted by Crippen LogP contribution is 2.17. The number of amides is 1. The molecule has 0 bridgehead atoms. The third-order valence-corrected chi connectivity index (χ3v) is 3.28. The van der Waals surface area contributed by atoms with E-state index in [0.717, 1.165) is 0 Å². The summed E-state index contributed by atoms with van der Waals surface area (Å²) in [5.74, 6) is -0.299. The third kappa shape index (κ3) is 3.24. The van der Waals surface area contributed by atoms with Crippen LogP contribution in [-0.4, -0.2) is 42.9 Å². The maximum atomic E-state index is 12.1. The number of hydrogen-bond acceptors (Lipinski definition) is 5. The van der Waals surface area contributed by atoms with Crippen molar-refractivity contribution in [1.29, 1.82) is 0 Å². The first-order valence-corrected chi connectivity index (χ1v) is 6.43. The number of nitrogens with two attached hydrogens (primary N) is 1. The smallest absolute Gasteiger partial charge is 0.250 e. The summed E-state index contributed by atoms with van der Waals surface area (Å²) < 4.78 is 11.6. The zero-order valence-electron chi connectivity index (χ0n) is 11.4. The van der Waals surface area contributed by atoms with Gasteiger partial charge in [-0.05, 0) is 12.5 Å². The van der Waals surface area contributed by atoms with Gasteiger partial charge in [0.15, 0.2) is 0 Å². The molecule has 1 aliphatic rings. The molecule has 110 valence electrons. The number of nitrogens with zero attached hydrogens (tertiary/aromatic N) is 1. The maximum Gasteiger partial charge on any atom is 0.250 e. The fourth-order valence-electron chi connectivity index (χ4n) is 1.99. The van der Waals surface area contributed by atoms with Crippen LogP contribution in [0.1, 0.15) is 6.42 Å². The van der Waals surface area contributed by atoms with Crippen LogP contribution in [0.5, 0.6) is 0 Å². The minimum absolute atomic E-state index is 0.147. The Kier molecular flexibility index (Phi) is 4.53. The lowest BCUT2D eigenvalue weighted by molar-refractivity contribution is -0.121. The molecule has 1 fully saturated rings. The number of aromatic nitrogens is 1. The van der Waals surface area contributed by atoms with Gasteiger partial charge in [0.25, 0.3) is 5.56 Å². The van der Waals surface area contributed by atoms with Gasteiger partial charge in [-0.15, -0.1) is 0 Å². The first kappa shape index (κ1) is 14.7. The molecule has 0 aromatic carbocycles. The molecule has 2 heterocycles. The van der Waals surface area contributed by atoms with Gasteiger partial charge in [0.2, 0.25) is 5.91 Å². The van der Waals surface area contributed by atoms with E-state index in [1.807, 2.05) is 0 Å². The number of anilines is 1. The molecule has 7 nitrogen and oxygen atoms in total. The second-order valence-electron chi connectivity index (χ2n) is 4.86. The van der Waals surface area contributed by atoms with E-state index < -0.39 is 5.54 Å². The molecular weight excluding hydrogens is 262 g/mol. The predicted molar refractivity (Wildman–Crippen MR) is 73.6 cm³/mol. The number of carbonyl (C=O) groups excluding carboxylic acids is 1. The summed E-state index contributed by atoms with van der Waals surface area (Å²) in [6.07, 6.45) is 2.07. The minimum atomic E-state index is -0.993. The number of nitrogens with one attached hydrogen (secondary N) is 1. The van der Waals surface area contributed by atoms with E-state index in [2.05, 4.69) is 5.32 Å². The molecule has 1 atom stereocenters. The average molecular weight is 281 g/mol. The molecule has 7 heteroatoms. The van der Waals surface area contributed by atoms with Crippen LogP contribution in [0.2, 0.25) is 0 Å². The van der Waals surface area contributed by atoms with E-state index >= 15 is 0 Å². The molecule has 0 saturated carbocycles. The molecule has 0 spiro atoms. The summed E-state index contributed by atoms with van der Waals surface area (Å²) in [6, 6.07) is 2.96. The van der Waals surface area contributed by atoms with Crippen molar-refractivity contribution in [2.75, 3.05) is 32.2 Å². The molecule has 1 aromatic heterocycles. The average Bonchev–Trinajstić information content (AvgIpc) is 2.87. The van der Waals surface area contributed by atoms with Gasteiger partial charge in [-0.1, -0.05) is 0 Å². The molecule has 1 saturated heterocycles. The number of pyridine rings is 1. The topological polar surface area (TPSA) is 95.6 Å². The minimum Gasteiger partial charge on any atom is -0.383 e. The highest BCUT2D eigenvalue weighted by atomic mass is 16.5. The Morgan fingerprint density at radius 1 is 1.60 bits per heavy atom. The molecule has 0 aliphatic carbocycles. The van der Waals surface area contributed by atoms with Crippen LogP contribution in [-0.2, 0) is 20.8 Å². The summed E-state index contributed by atoms with van der Waals surface area (Å²) in [5.41, 5.74) is 5.36. The van der Waals surface area contributed by atoms with Gasteiger partial charge in [0.05, 0.1) is 18.9 Å². The van der Waals surface area contributed by atoms with Crippen LogP contribution >= 0.6 is 0 Å². The van der Waals surface area contributed by atoms with Gasteiger partial charge in [-0.2, -0.15) is 0 Å². The van der Waals surface area contributed by atoms with Gasteiger partial charge < -0.3 is 25.1 Å². The Bertz CT molecular complexity index is 535. The standard InChI is InChI=1S/C13H19N3O4/c1-19-7-5-16-8-10(2-3-11(16)17)15-12(18)13(14)4-6-20-9-13/h2-3,8H,4-7,9,14H2,1H3,(H,15,18). The molecule has 3 N–H and O–H groups in total.